The fraction of sp³-hybridized carbons (Fsp3) is 0.846. The van der Waals surface area contributed by atoms with Crippen LogP contribution in [0.1, 0.15) is 39.5 Å². The number of rotatable bonds is 9. The molecule has 1 saturated heterocycles. The van der Waals surface area contributed by atoms with E-state index < -0.39 is 13.4 Å². The van der Waals surface area contributed by atoms with Gasteiger partial charge >= 0.3 is 7.60 Å². The Morgan fingerprint density at radius 3 is 2.53 bits per heavy atom. The molecule has 0 bridgehead atoms. The molecule has 2 unspecified atom stereocenters. The van der Waals surface area contributed by atoms with Crippen LogP contribution in [0.3, 0.4) is 0 Å². The molecule has 0 saturated carbocycles. The zero-order chi connectivity index (χ0) is 14.1. The van der Waals surface area contributed by atoms with Crippen molar-refractivity contribution in [3.8, 4) is 0 Å². The summed E-state index contributed by atoms with van der Waals surface area (Å²) in [6.45, 7) is 8.56. The zero-order valence-electron chi connectivity index (χ0n) is 11.9. The van der Waals surface area contributed by atoms with Gasteiger partial charge in [0, 0.05) is 13.0 Å². The lowest BCUT2D eigenvalue weighted by Crippen LogP contribution is -2.28. The van der Waals surface area contributed by atoms with E-state index in [2.05, 4.69) is 6.58 Å². The first-order valence-corrected chi connectivity index (χ1v) is 8.54. The Balaban J connectivity index is 2.71. The third kappa shape index (κ3) is 5.36. The van der Waals surface area contributed by atoms with Gasteiger partial charge < -0.3 is 18.5 Å². The molecule has 1 aliphatic rings. The minimum atomic E-state index is -3.29. The number of ether oxygens (including phenoxy) is 2. The van der Waals surface area contributed by atoms with Crippen LogP contribution in [0.4, 0.5) is 0 Å². The van der Waals surface area contributed by atoms with Gasteiger partial charge in [0.2, 0.25) is 0 Å². The highest BCUT2D eigenvalue weighted by molar-refractivity contribution is 7.54. The molecule has 19 heavy (non-hydrogen) atoms. The minimum Gasteiger partial charge on any atom is -0.353 e. The topological polar surface area (TPSA) is 54.0 Å². The van der Waals surface area contributed by atoms with Crippen LogP contribution >= 0.6 is 7.60 Å². The predicted octanol–water partition coefficient (Wildman–Crippen LogP) is 3.70. The Bertz CT molecular complexity index is 291. The van der Waals surface area contributed by atoms with E-state index >= 15 is 0 Å². The van der Waals surface area contributed by atoms with Crippen molar-refractivity contribution in [2.45, 2.75) is 51.7 Å². The first-order valence-electron chi connectivity index (χ1n) is 6.93. The Kier molecular flexibility index (Phi) is 7.88. The Labute approximate surface area is 115 Å². The first kappa shape index (κ1) is 16.9. The van der Waals surface area contributed by atoms with Crippen LogP contribution in [0.25, 0.3) is 0 Å². The normalized spacial score (nSPS) is 22.1. The fourth-order valence-electron chi connectivity index (χ4n) is 1.96. The summed E-state index contributed by atoms with van der Waals surface area (Å²) in [5.74, 6) is -0.645. The molecule has 1 rings (SSSR count). The summed E-state index contributed by atoms with van der Waals surface area (Å²) < 4.78 is 34.7. The summed E-state index contributed by atoms with van der Waals surface area (Å²) in [5.41, 5.74) is 0. The maximum atomic E-state index is 12.7. The molecule has 1 heterocycles. The molecule has 1 aliphatic heterocycles. The van der Waals surface area contributed by atoms with Crippen molar-refractivity contribution < 1.29 is 23.1 Å². The highest BCUT2D eigenvalue weighted by Gasteiger charge is 2.37. The average Bonchev–Trinajstić information content (AvgIpc) is 2.40. The predicted molar refractivity (Wildman–Crippen MR) is 74.1 cm³/mol. The highest BCUT2D eigenvalue weighted by atomic mass is 31.2. The van der Waals surface area contributed by atoms with Crippen molar-refractivity contribution in [2.24, 2.45) is 0 Å². The van der Waals surface area contributed by atoms with Crippen LogP contribution in [0.15, 0.2) is 12.7 Å². The average molecular weight is 292 g/mol. The number of hydrogen-bond donors (Lipinski definition) is 0. The lowest BCUT2D eigenvalue weighted by molar-refractivity contribution is -0.175. The third-order valence-electron chi connectivity index (χ3n) is 2.79. The van der Waals surface area contributed by atoms with E-state index in [9.17, 15) is 4.57 Å². The van der Waals surface area contributed by atoms with Crippen molar-refractivity contribution >= 4 is 7.60 Å². The van der Waals surface area contributed by atoms with Crippen LogP contribution < -0.4 is 0 Å². The van der Waals surface area contributed by atoms with E-state index in [0.717, 1.165) is 19.3 Å². The smallest absolute Gasteiger partial charge is 0.353 e. The van der Waals surface area contributed by atoms with Gasteiger partial charge in [0.05, 0.1) is 13.2 Å². The molecular formula is C13H25O5P. The van der Waals surface area contributed by atoms with E-state index in [1.807, 2.05) is 0 Å². The van der Waals surface area contributed by atoms with E-state index in [0.29, 0.717) is 26.2 Å². The minimum absolute atomic E-state index is 0.319. The summed E-state index contributed by atoms with van der Waals surface area (Å²) in [6, 6.07) is 0. The van der Waals surface area contributed by atoms with Gasteiger partial charge in [-0.2, -0.15) is 0 Å². The second-order valence-electron chi connectivity index (χ2n) is 4.29. The molecule has 0 aromatic heterocycles. The Morgan fingerprint density at radius 1 is 1.37 bits per heavy atom. The zero-order valence-corrected chi connectivity index (χ0v) is 12.8. The summed E-state index contributed by atoms with van der Waals surface area (Å²) in [6.07, 6.45) is 4.66. The largest absolute Gasteiger partial charge is 0.359 e. The van der Waals surface area contributed by atoms with Crippen molar-refractivity contribution in [3.63, 3.8) is 0 Å². The van der Waals surface area contributed by atoms with Gasteiger partial charge in [0.1, 0.15) is 0 Å². The van der Waals surface area contributed by atoms with Gasteiger partial charge in [0.25, 0.3) is 0 Å². The molecule has 5 nitrogen and oxygen atoms in total. The number of hydrogen-bond acceptors (Lipinski definition) is 5. The van der Waals surface area contributed by atoms with E-state index in [-0.39, 0.29) is 6.29 Å². The monoisotopic (exact) mass is 292 g/mol. The van der Waals surface area contributed by atoms with Gasteiger partial charge in [-0.1, -0.05) is 6.08 Å². The van der Waals surface area contributed by atoms with Crippen molar-refractivity contribution in [3.05, 3.63) is 12.7 Å². The maximum absolute atomic E-state index is 12.7. The van der Waals surface area contributed by atoms with Gasteiger partial charge in [-0.15, -0.1) is 6.58 Å². The van der Waals surface area contributed by atoms with Crippen LogP contribution in [0.2, 0.25) is 0 Å². The van der Waals surface area contributed by atoms with Crippen molar-refractivity contribution in [1.82, 2.24) is 0 Å². The molecule has 0 spiro atoms. The molecule has 0 aromatic carbocycles. The quantitative estimate of drug-likeness (QED) is 0.479. The molecule has 0 aromatic rings. The lowest BCUT2D eigenvalue weighted by Gasteiger charge is -2.31. The molecule has 2 atom stereocenters. The SMILES string of the molecule is C=CCC(OC1CCCCO1)P(=O)(OCC)OCC. The van der Waals surface area contributed by atoms with Crippen LogP contribution in [0, 0.1) is 0 Å². The molecular weight excluding hydrogens is 267 g/mol. The molecule has 6 heteroatoms. The van der Waals surface area contributed by atoms with Crippen LogP contribution in [-0.4, -0.2) is 32.0 Å². The molecule has 1 fully saturated rings. The molecule has 0 N–H and O–H groups in total. The Morgan fingerprint density at radius 2 is 2.05 bits per heavy atom. The fourth-order valence-corrected chi connectivity index (χ4v) is 3.78. The maximum Gasteiger partial charge on any atom is 0.359 e. The second-order valence-corrected chi connectivity index (χ2v) is 6.46. The van der Waals surface area contributed by atoms with Crippen molar-refractivity contribution in [2.75, 3.05) is 19.8 Å². The third-order valence-corrected chi connectivity index (χ3v) is 5.06. The summed E-state index contributed by atoms with van der Waals surface area (Å²) in [7, 11) is -3.29. The summed E-state index contributed by atoms with van der Waals surface area (Å²) in [5, 5.41) is 0. The van der Waals surface area contributed by atoms with Crippen molar-refractivity contribution in [1.29, 1.82) is 0 Å². The van der Waals surface area contributed by atoms with E-state index in [1.54, 1.807) is 19.9 Å². The molecule has 0 amide bonds. The van der Waals surface area contributed by atoms with Gasteiger partial charge in [0.15, 0.2) is 12.1 Å². The second kappa shape index (κ2) is 8.88. The van der Waals surface area contributed by atoms with Gasteiger partial charge in [-0.05, 0) is 33.1 Å². The molecule has 0 aliphatic carbocycles. The molecule has 0 radical (unpaired) electrons. The summed E-state index contributed by atoms with van der Waals surface area (Å²) >= 11 is 0. The van der Waals surface area contributed by atoms with E-state index in [4.69, 9.17) is 18.5 Å². The molecule has 112 valence electrons. The van der Waals surface area contributed by atoms with E-state index in [1.165, 1.54) is 0 Å². The van der Waals surface area contributed by atoms with Crippen LogP contribution in [-0.2, 0) is 23.1 Å². The van der Waals surface area contributed by atoms with Crippen LogP contribution in [0.5, 0.6) is 0 Å². The lowest BCUT2D eigenvalue weighted by atomic mass is 10.2. The Hall–Kier alpha value is -0.190. The van der Waals surface area contributed by atoms with Gasteiger partial charge in [-0.25, -0.2) is 0 Å². The standard InChI is InChI=1S/C13H25O5P/c1-4-9-13(18-12-10-7-8-11-15-12)19(14,16-5-2)17-6-3/h4,12-13H,1,5-11H2,2-3H3. The van der Waals surface area contributed by atoms with Gasteiger partial charge in [-0.3, -0.25) is 4.57 Å². The highest BCUT2D eigenvalue weighted by Crippen LogP contribution is 2.55. The summed E-state index contributed by atoms with van der Waals surface area (Å²) in [4.78, 5) is 0. The first-order chi connectivity index (χ1) is 9.16.